The van der Waals surface area contributed by atoms with Crippen LogP contribution in [0.2, 0.25) is 0 Å². The second-order valence-electron chi connectivity index (χ2n) is 9.77. The number of anilines is 1. The Morgan fingerprint density at radius 2 is 1.61 bits per heavy atom. The van der Waals surface area contributed by atoms with Gasteiger partial charge in [-0.2, -0.15) is 4.31 Å². The van der Waals surface area contributed by atoms with Crippen LogP contribution in [0.3, 0.4) is 0 Å². The first-order chi connectivity index (χ1) is 17.4. The summed E-state index contributed by atoms with van der Waals surface area (Å²) in [5.74, 6) is 0.208. The third-order valence-electron chi connectivity index (χ3n) is 6.51. The molecule has 0 saturated carbocycles. The molecule has 0 radical (unpaired) electrons. The number of sulfone groups is 1. The minimum Gasteiger partial charge on any atom is -0.308 e. The fraction of sp³-hybridized carbons (Fsp3) is 0.440. The number of aromatic nitrogens is 1. The third-order valence-corrected chi connectivity index (χ3v) is 10.6. The molecule has 2 aromatic carbocycles. The number of carbonyl (C=O) groups excluding carboxylic acids is 1. The van der Waals surface area contributed by atoms with E-state index in [1.165, 1.54) is 33.8 Å². The predicted octanol–water partition coefficient (Wildman–Crippen LogP) is 3.75. The van der Waals surface area contributed by atoms with Crippen LogP contribution in [-0.4, -0.2) is 83.5 Å². The first-order valence-corrected chi connectivity index (χ1v) is 16.2. The Bertz CT molecular complexity index is 1500. The lowest BCUT2D eigenvalue weighted by Gasteiger charge is -2.29. The number of benzene rings is 2. The molecule has 0 bridgehead atoms. The summed E-state index contributed by atoms with van der Waals surface area (Å²) in [5, 5.41) is 0.451. The Labute approximate surface area is 234 Å². The van der Waals surface area contributed by atoms with E-state index in [4.69, 9.17) is 0 Å². The largest absolute Gasteiger partial charge is 0.308 e. The van der Waals surface area contributed by atoms with Crippen molar-refractivity contribution in [2.24, 2.45) is 5.92 Å². The van der Waals surface area contributed by atoms with Crippen LogP contribution >= 0.6 is 23.7 Å². The van der Waals surface area contributed by atoms with Gasteiger partial charge in [-0.1, -0.05) is 18.3 Å². The summed E-state index contributed by atoms with van der Waals surface area (Å²) in [6.07, 6.45) is 2.83. The molecule has 1 amide bonds. The van der Waals surface area contributed by atoms with Gasteiger partial charge in [0.15, 0.2) is 15.0 Å². The van der Waals surface area contributed by atoms with Crippen molar-refractivity contribution in [3.8, 4) is 0 Å². The molecule has 0 unspecified atom stereocenters. The molecule has 1 aromatic heterocycles. The van der Waals surface area contributed by atoms with Crippen LogP contribution in [0, 0.1) is 5.92 Å². The van der Waals surface area contributed by atoms with Gasteiger partial charge in [-0.15, -0.1) is 12.4 Å². The molecule has 4 rings (SSSR count). The Hall–Kier alpha value is -2.09. The molecule has 13 heteroatoms. The van der Waals surface area contributed by atoms with Gasteiger partial charge in [0, 0.05) is 38.0 Å². The molecule has 1 fully saturated rings. The molecule has 38 heavy (non-hydrogen) atoms. The Morgan fingerprint density at radius 3 is 2.18 bits per heavy atom. The van der Waals surface area contributed by atoms with E-state index >= 15 is 0 Å². The van der Waals surface area contributed by atoms with Crippen LogP contribution in [-0.2, 0) is 19.9 Å². The number of thiazole rings is 1. The lowest BCUT2D eigenvalue weighted by Crippen LogP contribution is -2.38. The molecular weight excluding hydrogens is 568 g/mol. The van der Waals surface area contributed by atoms with Crippen LogP contribution in [0.15, 0.2) is 52.3 Å². The Balaban J connectivity index is 0.00000400. The smallest absolute Gasteiger partial charge is 0.260 e. The number of sulfonamides is 1. The topological polar surface area (TPSA) is 108 Å². The average molecular weight is 601 g/mol. The molecule has 9 nitrogen and oxygen atoms in total. The zero-order valence-electron chi connectivity index (χ0n) is 21.8. The lowest BCUT2D eigenvalue weighted by atomic mass is 10.0. The number of piperidine rings is 1. The van der Waals surface area contributed by atoms with Crippen molar-refractivity contribution in [2.45, 2.75) is 29.6 Å². The molecule has 208 valence electrons. The Morgan fingerprint density at radius 1 is 1.00 bits per heavy atom. The number of amides is 1. The zero-order chi connectivity index (χ0) is 27.0. The molecule has 0 N–H and O–H groups in total. The molecule has 1 saturated heterocycles. The maximum atomic E-state index is 13.6. The zero-order valence-corrected chi connectivity index (χ0v) is 25.1. The average Bonchev–Trinajstić information content (AvgIpc) is 3.27. The van der Waals surface area contributed by atoms with E-state index in [0.717, 1.165) is 19.1 Å². The van der Waals surface area contributed by atoms with Crippen molar-refractivity contribution in [3.05, 3.63) is 48.0 Å². The third kappa shape index (κ3) is 6.72. The highest BCUT2D eigenvalue weighted by molar-refractivity contribution is 7.90. The minimum absolute atomic E-state index is 0. The van der Waals surface area contributed by atoms with Gasteiger partial charge >= 0.3 is 0 Å². The van der Waals surface area contributed by atoms with Crippen molar-refractivity contribution < 1.29 is 21.6 Å². The van der Waals surface area contributed by atoms with Crippen LogP contribution in [0.4, 0.5) is 5.13 Å². The summed E-state index contributed by atoms with van der Waals surface area (Å²) in [6, 6.07) is 10.8. The molecule has 3 aromatic rings. The molecular formula is C25H33ClN4O5S3. The van der Waals surface area contributed by atoms with Crippen LogP contribution < -0.4 is 4.90 Å². The highest BCUT2D eigenvalue weighted by Gasteiger charge is 2.29. The summed E-state index contributed by atoms with van der Waals surface area (Å²) < 4.78 is 52.3. The number of likely N-dealkylation sites (N-methyl/N-ethyl adjacent to an activating group) is 1. The minimum atomic E-state index is -3.61. The molecule has 2 heterocycles. The van der Waals surface area contributed by atoms with Gasteiger partial charge in [0.2, 0.25) is 10.0 Å². The van der Waals surface area contributed by atoms with Gasteiger partial charge in [0.25, 0.3) is 5.91 Å². The number of hydrogen-bond acceptors (Lipinski definition) is 8. The normalized spacial score (nSPS) is 15.5. The molecule has 0 spiro atoms. The maximum absolute atomic E-state index is 13.6. The maximum Gasteiger partial charge on any atom is 0.260 e. The van der Waals surface area contributed by atoms with E-state index in [0.29, 0.717) is 53.0 Å². The molecule has 0 aliphatic carbocycles. The summed E-state index contributed by atoms with van der Waals surface area (Å²) in [4.78, 5) is 22.0. The predicted molar refractivity (Wildman–Crippen MR) is 154 cm³/mol. The van der Waals surface area contributed by atoms with Crippen molar-refractivity contribution in [1.82, 2.24) is 14.2 Å². The van der Waals surface area contributed by atoms with Gasteiger partial charge in [-0.25, -0.2) is 21.8 Å². The Kier molecular flexibility index (Phi) is 9.59. The van der Waals surface area contributed by atoms with Crippen molar-refractivity contribution >= 4 is 64.9 Å². The summed E-state index contributed by atoms with van der Waals surface area (Å²) >= 11 is 1.25. The number of rotatable bonds is 8. The van der Waals surface area contributed by atoms with E-state index in [9.17, 15) is 21.6 Å². The van der Waals surface area contributed by atoms with E-state index in [1.807, 2.05) is 19.0 Å². The van der Waals surface area contributed by atoms with E-state index in [1.54, 1.807) is 29.2 Å². The first-order valence-electron chi connectivity index (χ1n) is 12.0. The van der Waals surface area contributed by atoms with Gasteiger partial charge in [-0.3, -0.25) is 9.69 Å². The number of carbonyl (C=O) groups is 1. The summed E-state index contributed by atoms with van der Waals surface area (Å²) in [6.45, 7) is 4.07. The fourth-order valence-corrected chi connectivity index (χ4v) is 7.34. The highest BCUT2D eigenvalue weighted by Crippen LogP contribution is 2.32. The fourth-order valence-electron chi connectivity index (χ4n) is 4.12. The number of hydrogen-bond donors (Lipinski definition) is 0. The quantitative estimate of drug-likeness (QED) is 0.387. The molecule has 1 aliphatic rings. The van der Waals surface area contributed by atoms with E-state index < -0.39 is 19.9 Å². The molecule has 1 aliphatic heterocycles. The lowest BCUT2D eigenvalue weighted by molar-refractivity contribution is 0.0985. The van der Waals surface area contributed by atoms with Crippen LogP contribution in [0.1, 0.15) is 30.1 Å². The van der Waals surface area contributed by atoms with Crippen LogP contribution in [0.5, 0.6) is 0 Å². The van der Waals surface area contributed by atoms with Gasteiger partial charge in [-0.05, 0) is 75.3 Å². The highest BCUT2D eigenvalue weighted by atomic mass is 35.5. The first kappa shape index (κ1) is 30.5. The number of halogens is 1. The monoisotopic (exact) mass is 600 g/mol. The second-order valence-corrected chi connectivity index (χ2v) is 14.7. The molecule has 0 atom stereocenters. The standard InChI is InChI=1S/C25H32N4O5S3.ClH/c1-18-11-13-28(14-12-18)37(33,34)20-7-5-19(6-8-20)24(30)29(16-15-27(2)3)25-26-22-10-9-21(36(4,31)32)17-23(22)35-25;/h5-10,17-18H,11-16H2,1-4H3;1H. The second kappa shape index (κ2) is 12.0. The van der Waals surface area contributed by atoms with Gasteiger partial charge < -0.3 is 4.90 Å². The van der Waals surface area contributed by atoms with E-state index in [2.05, 4.69) is 11.9 Å². The van der Waals surface area contributed by atoms with Crippen LogP contribution in [0.25, 0.3) is 10.2 Å². The number of nitrogens with zero attached hydrogens (tertiary/aromatic N) is 4. The van der Waals surface area contributed by atoms with Crippen molar-refractivity contribution in [3.63, 3.8) is 0 Å². The van der Waals surface area contributed by atoms with Gasteiger partial charge in [0.1, 0.15) is 0 Å². The van der Waals surface area contributed by atoms with Crippen molar-refractivity contribution in [2.75, 3.05) is 51.4 Å². The summed E-state index contributed by atoms with van der Waals surface area (Å²) in [5.41, 5.74) is 0.952. The van der Waals surface area contributed by atoms with Gasteiger partial charge in [0.05, 0.1) is 20.0 Å². The number of fused-ring (bicyclic) bond motifs is 1. The summed E-state index contributed by atoms with van der Waals surface area (Å²) in [7, 11) is -3.18. The SMILES string of the molecule is CC1CCN(S(=O)(=O)c2ccc(C(=O)N(CCN(C)C)c3nc4ccc(S(C)(=O)=O)cc4s3)cc2)CC1.Cl. The van der Waals surface area contributed by atoms with E-state index in [-0.39, 0.29) is 28.1 Å². The van der Waals surface area contributed by atoms with Crippen molar-refractivity contribution in [1.29, 1.82) is 0 Å².